The van der Waals surface area contributed by atoms with E-state index >= 15 is 0 Å². The molecular formula is C28H23ClN4O. The number of aromatic amines is 1. The molecule has 6 heteroatoms. The molecule has 0 saturated carbocycles. The van der Waals surface area contributed by atoms with E-state index in [1.54, 1.807) is 6.07 Å². The van der Waals surface area contributed by atoms with Gasteiger partial charge in [0.2, 0.25) is 0 Å². The second-order valence-electron chi connectivity index (χ2n) is 8.82. The number of H-pyrrole nitrogens is 1. The van der Waals surface area contributed by atoms with Gasteiger partial charge in [-0.15, -0.1) is 0 Å². The molecule has 0 saturated heterocycles. The number of nitrogens with one attached hydrogen (secondary N) is 2. The highest BCUT2D eigenvalue weighted by Gasteiger charge is 2.28. The predicted molar refractivity (Wildman–Crippen MR) is 139 cm³/mol. The lowest BCUT2D eigenvalue weighted by Crippen LogP contribution is -2.21. The van der Waals surface area contributed by atoms with Gasteiger partial charge in [-0.2, -0.15) is 5.10 Å². The number of rotatable bonds is 4. The SMILES string of the molecule is Cn1cc(C2CC(c3c(Cc4ccccc4)c4cc(Cl)ccc4[nH]c3=O)=NN2)c2ccccc21. The fourth-order valence-corrected chi connectivity index (χ4v) is 5.22. The van der Waals surface area contributed by atoms with Gasteiger partial charge in [-0.1, -0.05) is 60.1 Å². The summed E-state index contributed by atoms with van der Waals surface area (Å²) in [5, 5.41) is 7.46. The molecule has 3 heterocycles. The van der Waals surface area contributed by atoms with Gasteiger partial charge in [0, 0.05) is 52.1 Å². The highest BCUT2D eigenvalue weighted by Crippen LogP contribution is 2.33. The Balaban J connectivity index is 1.46. The van der Waals surface area contributed by atoms with E-state index < -0.39 is 0 Å². The summed E-state index contributed by atoms with van der Waals surface area (Å²) in [4.78, 5) is 16.4. The van der Waals surface area contributed by atoms with Gasteiger partial charge in [0.05, 0.1) is 17.3 Å². The number of hydrazone groups is 1. The predicted octanol–water partition coefficient (Wildman–Crippen LogP) is 5.70. The Morgan fingerprint density at radius 2 is 1.82 bits per heavy atom. The smallest absolute Gasteiger partial charge is 0.257 e. The van der Waals surface area contributed by atoms with E-state index in [0.29, 0.717) is 23.4 Å². The number of aryl methyl sites for hydroxylation is 1. The molecule has 1 aliphatic heterocycles. The summed E-state index contributed by atoms with van der Waals surface area (Å²) in [5.74, 6) is 0. The number of fused-ring (bicyclic) bond motifs is 2. The Morgan fingerprint density at radius 1 is 1.03 bits per heavy atom. The summed E-state index contributed by atoms with van der Waals surface area (Å²) in [6.07, 6.45) is 3.40. The second-order valence-corrected chi connectivity index (χ2v) is 9.25. The van der Waals surface area contributed by atoms with Crippen molar-refractivity contribution < 1.29 is 0 Å². The van der Waals surface area contributed by atoms with Crippen LogP contribution in [0.4, 0.5) is 0 Å². The van der Waals surface area contributed by atoms with Gasteiger partial charge >= 0.3 is 0 Å². The summed E-state index contributed by atoms with van der Waals surface area (Å²) in [6, 6.07) is 24.1. The van der Waals surface area contributed by atoms with Crippen LogP contribution in [0.3, 0.4) is 0 Å². The van der Waals surface area contributed by atoms with Gasteiger partial charge < -0.3 is 15.0 Å². The fourth-order valence-electron chi connectivity index (χ4n) is 5.05. The maximum atomic E-state index is 13.4. The van der Waals surface area contributed by atoms with E-state index in [9.17, 15) is 4.79 Å². The number of hydrogen-bond acceptors (Lipinski definition) is 3. The lowest BCUT2D eigenvalue weighted by molar-refractivity contribution is 0.622. The minimum Gasteiger partial charge on any atom is -0.350 e. The van der Waals surface area contributed by atoms with Gasteiger partial charge in [0.25, 0.3) is 5.56 Å². The Labute approximate surface area is 201 Å². The molecule has 5 aromatic rings. The Bertz CT molecular complexity index is 1630. The van der Waals surface area contributed by atoms with Crippen LogP contribution >= 0.6 is 11.6 Å². The molecule has 0 fully saturated rings. The molecule has 1 unspecified atom stereocenters. The van der Waals surface area contributed by atoms with Gasteiger partial charge in [-0.25, -0.2) is 0 Å². The number of nitrogens with zero attached hydrogens (tertiary/aromatic N) is 2. The number of aromatic nitrogens is 2. The minimum atomic E-state index is -0.125. The fraction of sp³-hybridized carbons (Fsp3) is 0.143. The average molecular weight is 467 g/mol. The number of benzene rings is 3. The monoisotopic (exact) mass is 466 g/mol. The quantitative estimate of drug-likeness (QED) is 0.356. The molecule has 0 aliphatic carbocycles. The molecule has 0 radical (unpaired) electrons. The van der Waals surface area contributed by atoms with Crippen LogP contribution in [-0.4, -0.2) is 15.3 Å². The first kappa shape index (κ1) is 20.8. The molecule has 3 aromatic carbocycles. The molecule has 5 nitrogen and oxygen atoms in total. The van der Waals surface area contributed by atoms with Crippen molar-refractivity contribution in [3.05, 3.63) is 117 Å². The second kappa shape index (κ2) is 8.19. The molecule has 34 heavy (non-hydrogen) atoms. The first-order valence-electron chi connectivity index (χ1n) is 11.3. The van der Waals surface area contributed by atoms with Crippen molar-refractivity contribution in [2.75, 3.05) is 0 Å². The molecule has 0 amide bonds. The first-order chi connectivity index (χ1) is 16.6. The van der Waals surface area contributed by atoms with Crippen LogP contribution in [0.2, 0.25) is 5.02 Å². The van der Waals surface area contributed by atoms with Crippen molar-refractivity contribution in [1.29, 1.82) is 0 Å². The van der Waals surface area contributed by atoms with Crippen molar-refractivity contribution in [2.24, 2.45) is 12.1 Å². The van der Waals surface area contributed by atoms with E-state index in [1.807, 2.05) is 36.4 Å². The van der Waals surface area contributed by atoms with Crippen LogP contribution in [0.5, 0.6) is 0 Å². The molecule has 6 rings (SSSR count). The van der Waals surface area contributed by atoms with Crippen LogP contribution in [0, 0.1) is 0 Å². The summed E-state index contributed by atoms with van der Waals surface area (Å²) in [6.45, 7) is 0. The third kappa shape index (κ3) is 3.49. The molecule has 2 N–H and O–H groups in total. The number of hydrogen-bond donors (Lipinski definition) is 2. The van der Waals surface area contributed by atoms with Crippen LogP contribution in [0.25, 0.3) is 21.8 Å². The van der Waals surface area contributed by atoms with Gasteiger partial charge in [0.1, 0.15) is 0 Å². The van der Waals surface area contributed by atoms with Crippen molar-refractivity contribution >= 4 is 39.1 Å². The van der Waals surface area contributed by atoms with Crippen molar-refractivity contribution in [3.63, 3.8) is 0 Å². The Hall–Kier alpha value is -3.83. The van der Waals surface area contributed by atoms with Gasteiger partial charge in [0.15, 0.2) is 0 Å². The lowest BCUT2D eigenvalue weighted by atomic mass is 9.91. The largest absolute Gasteiger partial charge is 0.350 e. The molecule has 168 valence electrons. The summed E-state index contributed by atoms with van der Waals surface area (Å²) < 4.78 is 2.13. The maximum absolute atomic E-state index is 13.4. The van der Waals surface area contributed by atoms with E-state index in [0.717, 1.165) is 27.7 Å². The summed E-state index contributed by atoms with van der Waals surface area (Å²) in [7, 11) is 2.05. The zero-order valence-corrected chi connectivity index (χ0v) is 19.4. The van der Waals surface area contributed by atoms with Crippen LogP contribution < -0.4 is 11.0 Å². The van der Waals surface area contributed by atoms with E-state index in [1.165, 1.54) is 16.5 Å². The topological polar surface area (TPSA) is 62.2 Å². The first-order valence-corrected chi connectivity index (χ1v) is 11.7. The Kier molecular flexibility index (Phi) is 5.00. The number of halogens is 1. The van der Waals surface area contributed by atoms with Crippen LogP contribution in [-0.2, 0) is 13.5 Å². The van der Waals surface area contributed by atoms with E-state index in [2.05, 4.69) is 63.7 Å². The highest BCUT2D eigenvalue weighted by molar-refractivity contribution is 6.31. The highest BCUT2D eigenvalue weighted by atomic mass is 35.5. The average Bonchev–Trinajstić information content (AvgIpc) is 3.45. The number of pyridine rings is 1. The van der Waals surface area contributed by atoms with Gasteiger partial charge in [-0.05, 0) is 41.8 Å². The third-order valence-corrected chi connectivity index (χ3v) is 6.89. The lowest BCUT2D eigenvalue weighted by Gasteiger charge is -2.14. The van der Waals surface area contributed by atoms with Crippen molar-refractivity contribution in [1.82, 2.24) is 15.0 Å². The minimum absolute atomic E-state index is 0.000124. The molecule has 2 aromatic heterocycles. The van der Waals surface area contributed by atoms with Crippen LogP contribution in [0.1, 0.15) is 34.7 Å². The van der Waals surface area contributed by atoms with Crippen LogP contribution in [0.15, 0.2) is 88.9 Å². The zero-order chi connectivity index (χ0) is 23.2. The molecule has 0 spiro atoms. The summed E-state index contributed by atoms with van der Waals surface area (Å²) in [5.41, 5.74) is 9.80. The molecular weight excluding hydrogens is 444 g/mol. The van der Waals surface area contributed by atoms with Gasteiger partial charge in [-0.3, -0.25) is 4.79 Å². The van der Waals surface area contributed by atoms with Crippen molar-refractivity contribution in [2.45, 2.75) is 18.9 Å². The molecule has 0 bridgehead atoms. The van der Waals surface area contributed by atoms with Crippen molar-refractivity contribution in [3.8, 4) is 0 Å². The molecule has 1 aliphatic rings. The standard InChI is InChI=1S/C28H23ClN4O/c1-33-16-22(19-9-5-6-10-26(19)33)24-15-25(32-31-24)27-21(13-17-7-3-2-4-8-17)20-14-18(29)11-12-23(20)30-28(27)34/h2-12,14,16,24,31H,13,15H2,1H3,(H,30,34). The van der Waals surface area contributed by atoms with E-state index in [4.69, 9.17) is 11.6 Å². The maximum Gasteiger partial charge on any atom is 0.257 e. The Morgan fingerprint density at radius 3 is 2.68 bits per heavy atom. The third-order valence-electron chi connectivity index (χ3n) is 6.65. The molecule has 1 atom stereocenters. The number of para-hydroxylation sites is 1. The zero-order valence-electron chi connectivity index (χ0n) is 18.7. The van der Waals surface area contributed by atoms with E-state index in [-0.39, 0.29) is 11.6 Å². The normalized spacial score (nSPS) is 15.6. The summed E-state index contributed by atoms with van der Waals surface area (Å²) >= 11 is 6.37.